The van der Waals surface area contributed by atoms with Gasteiger partial charge in [0, 0.05) is 25.2 Å². The molecule has 0 aliphatic carbocycles. The van der Waals surface area contributed by atoms with Crippen LogP contribution >= 0.6 is 11.8 Å². The number of nitrogens with zero attached hydrogens (tertiary/aromatic N) is 4. The Morgan fingerprint density at radius 3 is 2.81 bits per heavy atom. The summed E-state index contributed by atoms with van der Waals surface area (Å²) in [5.41, 5.74) is 9.50. The molecule has 2 aliphatic heterocycles. The third-order valence-electron chi connectivity index (χ3n) is 6.12. The van der Waals surface area contributed by atoms with Crippen molar-refractivity contribution < 1.29 is 19.0 Å². The van der Waals surface area contributed by atoms with Crippen LogP contribution in [0.2, 0.25) is 0 Å². The molecule has 2 N–H and O–H groups in total. The Labute approximate surface area is 213 Å². The summed E-state index contributed by atoms with van der Waals surface area (Å²) in [4.78, 5) is 19.9. The number of pyridine rings is 1. The fourth-order valence-electron chi connectivity index (χ4n) is 4.33. The predicted octanol–water partition coefficient (Wildman–Crippen LogP) is 2.98. The minimum absolute atomic E-state index is 0.0875. The molecule has 1 unspecified atom stereocenters. The first-order valence-electron chi connectivity index (χ1n) is 11.2. The number of thioether (sulfide) groups is 1. The topological polar surface area (TPSA) is 134 Å². The van der Waals surface area contributed by atoms with Crippen LogP contribution in [0, 0.1) is 22.7 Å². The molecule has 10 heteroatoms. The van der Waals surface area contributed by atoms with Crippen LogP contribution in [0.3, 0.4) is 0 Å². The van der Waals surface area contributed by atoms with Gasteiger partial charge in [-0.05, 0) is 36.4 Å². The van der Waals surface area contributed by atoms with Gasteiger partial charge in [-0.2, -0.15) is 10.5 Å². The summed E-state index contributed by atoms with van der Waals surface area (Å²) in [6.45, 7) is 1.63. The van der Waals surface area contributed by atoms with Gasteiger partial charge < -0.3 is 24.8 Å². The standard InChI is InChI=1S/C26H25N5O4S/c1-31-8-7-20-17(13-31)9-16(11-27)25(30-20)36-14-21-23(26(32)34-3)22(19(12-28)24(29)35-21)15-5-4-6-18(10-15)33-2/h4-6,9-10,22H,7-8,13-14,29H2,1-3H3. The molecule has 1 aromatic carbocycles. The maximum Gasteiger partial charge on any atom is 0.338 e. The Morgan fingerprint density at radius 2 is 2.11 bits per heavy atom. The largest absolute Gasteiger partial charge is 0.497 e. The van der Waals surface area contributed by atoms with Gasteiger partial charge in [-0.15, -0.1) is 0 Å². The van der Waals surface area contributed by atoms with Gasteiger partial charge >= 0.3 is 5.97 Å². The fraction of sp³-hybridized carbons (Fsp3) is 0.308. The molecule has 0 radical (unpaired) electrons. The van der Waals surface area contributed by atoms with Crippen LogP contribution in [-0.4, -0.2) is 49.4 Å². The number of carbonyl (C=O) groups excluding carboxylic acids is 1. The number of allylic oxidation sites excluding steroid dienone is 1. The number of ether oxygens (including phenoxy) is 3. The van der Waals surface area contributed by atoms with Crippen LogP contribution in [-0.2, 0) is 27.2 Å². The Hall–Kier alpha value is -3.99. The summed E-state index contributed by atoms with van der Waals surface area (Å²) in [5, 5.41) is 20.1. The van der Waals surface area contributed by atoms with Crippen molar-refractivity contribution in [3.8, 4) is 17.9 Å². The van der Waals surface area contributed by atoms with Gasteiger partial charge in [0.05, 0.1) is 37.0 Å². The highest BCUT2D eigenvalue weighted by Gasteiger charge is 2.37. The molecule has 0 saturated carbocycles. The lowest BCUT2D eigenvalue weighted by atomic mass is 9.83. The zero-order valence-electron chi connectivity index (χ0n) is 20.2. The minimum Gasteiger partial charge on any atom is -0.497 e. The van der Waals surface area contributed by atoms with E-state index in [2.05, 4.69) is 17.0 Å². The quantitative estimate of drug-likeness (QED) is 0.463. The minimum atomic E-state index is -0.802. The van der Waals surface area contributed by atoms with E-state index in [4.69, 9.17) is 24.9 Å². The molecule has 0 spiro atoms. The number of nitriles is 2. The van der Waals surface area contributed by atoms with Crippen molar-refractivity contribution in [3.63, 3.8) is 0 Å². The Balaban J connectivity index is 1.75. The van der Waals surface area contributed by atoms with Crippen molar-refractivity contribution >= 4 is 17.7 Å². The van der Waals surface area contributed by atoms with E-state index in [-0.39, 0.29) is 28.5 Å². The lowest BCUT2D eigenvalue weighted by Crippen LogP contribution is -2.27. The lowest BCUT2D eigenvalue weighted by molar-refractivity contribution is -0.136. The maximum atomic E-state index is 13.0. The molecule has 1 atom stereocenters. The second-order valence-corrected chi connectivity index (χ2v) is 9.33. The van der Waals surface area contributed by atoms with E-state index in [0.717, 1.165) is 30.8 Å². The van der Waals surface area contributed by atoms with Crippen molar-refractivity contribution in [1.82, 2.24) is 9.88 Å². The molecular weight excluding hydrogens is 478 g/mol. The van der Waals surface area contributed by atoms with Gasteiger partial charge in [0.25, 0.3) is 0 Å². The monoisotopic (exact) mass is 503 g/mol. The SMILES string of the molecule is COC(=O)C1=C(CSc2nc3c(cc2C#N)CN(C)CC3)OC(N)=C(C#N)C1c1cccc(OC)c1. The zero-order valence-corrected chi connectivity index (χ0v) is 21.0. The molecule has 1 aromatic heterocycles. The molecule has 3 heterocycles. The molecule has 2 aliphatic rings. The number of rotatable bonds is 6. The van der Waals surface area contributed by atoms with Crippen LogP contribution in [0.1, 0.15) is 28.3 Å². The Morgan fingerprint density at radius 1 is 1.31 bits per heavy atom. The molecule has 0 fully saturated rings. The number of likely N-dealkylation sites (N-methyl/N-ethyl adjacent to an activating group) is 1. The van der Waals surface area contributed by atoms with Crippen LogP contribution < -0.4 is 10.5 Å². The summed E-state index contributed by atoms with van der Waals surface area (Å²) in [7, 11) is 4.84. The molecule has 4 rings (SSSR count). The van der Waals surface area contributed by atoms with Crippen molar-refractivity contribution in [2.75, 3.05) is 33.6 Å². The van der Waals surface area contributed by atoms with Crippen molar-refractivity contribution in [2.24, 2.45) is 5.73 Å². The number of hydrogen-bond acceptors (Lipinski definition) is 10. The zero-order chi connectivity index (χ0) is 25.8. The van der Waals surface area contributed by atoms with Crippen LogP contribution in [0.4, 0.5) is 0 Å². The molecule has 0 saturated heterocycles. The molecule has 2 aromatic rings. The number of hydrogen-bond donors (Lipinski definition) is 1. The number of esters is 1. The second-order valence-electron chi connectivity index (χ2n) is 8.37. The van der Waals surface area contributed by atoms with Crippen molar-refractivity contribution in [1.29, 1.82) is 10.5 Å². The average Bonchev–Trinajstić information content (AvgIpc) is 2.90. The van der Waals surface area contributed by atoms with E-state index < -0.39 is 11.9 Å². The highest BCUT2D eigenvalue weighted by Crippen LogP contribution is 2.42. The smallest absolute Gasteiger partial charge is 0.338 e. The van der Waals surface area contributed by atoms with Crippen LogP contribution in [0.25, 0.3) is 0 Å². The van der Waals surface area contributed by atoms with Gasteiger partial charge in [0.1, 0.15) is 34.2 Å². The van der Waals surface area contributed by atoms with E-state index in [0.29, 0.717) is 21.9 Å². The first-order valence-corrected chi connectivity index (χ1v) is 12.2. The Kier molecular flexibility index (Phi) is 7.49. The molecule has 9 nitrogen and oxygen atoms in total. The molecular formula is C26H25N5O4S. The van der Waals surface area contributed by atoms with E-state index in [1.807, 2.05) is 13.1 Å². The van der Waals surface area contributed by atoms with E-state index in [1.54, 1.807) is 24.3 Å². The van der Waals surface area contributed by atoms with Crippen LogP contribution in [0.5, 0.6) is 5.75 Å². The summed E-state index contributed by atoms with van der Waals surface area (Å²) in [5.74, 6) is -0.553. The predicted molar refractivity (Wildman–Crippen MR) is 132 cm³/mol. The van der Waals surface area contributed by atoms with E-state index in [1.165, 1.54) is 26.0 Å². The highest BCUT2D eigenvalue weighted by atomic mass is 32.2. The number of fused-ring (bicyclic) bond motifs is 1. The summed E-state index contributed by atoms with van der Waals surface area (Å²) in [6, 6.07) is 13.2. The van der Waals surface area contributed by atoms with Gasteiger partial charge in [0.15, 0.2) is 0 Å². The van der Waals surface area contributed by atoms with E-state index >= 15 is 0 Å². The normalized spacial score (nSPS) is 17.5. The highest BCUT2D eigenvalue weighted by molar-refractivity contribution is 7.99. The number of methoxy groups -OCH3 is 2. The van der Waals surface area contributed by atoms with Gasteiger partial charge in [-0.25, -0.2) is 9.78 Å². The van der Waals surface area contributed by atoms with Gasteiger partial charge in [-0.1, -0.05) is 23.9 Å². The van der Waals surface area contributed by atoms with Crippen LogP contribution in [0.15, 0.2) is 58.1 Å². The third kappa shape index (κ3) is 4.87. The molecule has 36 heavy (non-hydrogen) atoms. The third-order valence-corrected chi connectivity index (χ3v) is 7.11. The maximum absolute atomic E-state index is 13.0. The van der Waals surface area contributed by atoms with Gasteiger partial charge in [0.2, 0.25) is 5.88 Å². The number of benzene rings is 1. The number of nitrogens with two attached hydrogens (primary N) is 1. The summed E-state index contributed by atoms with van der Waals surface area (Å²) < 4.78 is 16.2. The fourth-order valence-corrected chi connectivity index (χ4v) is 5.25. The average molecular weight is 504 g/mol. The summed E-state index contributed by atoms with van der Waals surface area (Å²) >= 11 is 1.28. The first kappa shape index (κ1) is 25.1. The van der Waals surface area contributed by atoms with Crippen molar-refractivity contribution in [3.05, 3.63) is 75.5 Å². The second kappa shape index (κ2) is 10.7. The van der Waals surface area contributed by atoms with E-state index in [9.17, 15) is 15.3 Å². The van der Waals surface area contributed by atoms with Crippen molar-refractivity contribution in [2.45, 2.75) is 23.9 Å². The molecule has 0 amide bonds. The Bertz CT molecular complexity index is 1360. The van der Waals surface area contributed by atoms with Gasteiger partial charge in [-0.3, -0.25) is 0 Å². The number of aromatic nitrogens is 1. The molecule has 184 valence electrons. The summed E-state index contributed by atoms with van der Waals surface area (Å²) in [6.07, 6.45) is 0.789. The first-order chi connectivity index (χ1) is 17.4. The lowest BCUT2D eigenvalue weighted by Gasteiger charge is -2.28. The number of carbonyl (C=O) groups is 1. The molecule has 0 bridgehead atoms.